The van der Waals surface area contributed by atoms with Gasteiger partial charge in [0.1, 0.15) is 10.0 Å². The van der Waals surface area contributed by atoms with E-state index in [9.17, 15) is 0 Å². The Morgan fingerprint density at radius 1 is 1.29 bits per heavy atom. The van der Waals surface area contributed by atoms with Crippen LogP contribution in [0, 0.1) is 0 Å². The Morgan fingerprint density at radius 3 is 2.71 bits per heavy atom. The van der Waals surface area contributed by atoms with Crippen LogP contribution in [0.3, 0.4) is 0 Å². The first-order valence-electron chi connectivity index (χ1n) is 6.89. The molecule has 4 heteroatoms. The molecule has 1 aromatic heterocycles. The number of hydrogen-bond donors (Lipinski definition) is 1. The highest BCUT2D eigenvalue weighted by molar-refractivity contribution is 7.11. The molecule has 0 aliphatic heterocycles. The maximum absolute atomic E-state index is 4.33. The van der Waals surface area contributed by atoms with Crippen LogP contribution in [0.25, 0.3) is 0 Å². The highest BCUT2D eigenvalue weighted by atomic mass is 32.1. The molecular formula is C13H23N3S. The van der Waals surface area contributed by atoms with Gasteiger partial charge in [-0.1, -0.05) is 13.8 Å². The monoisotopic (exact) mass is 253 g/mol. The van der Waals surface area contributed by atoms with Gasteiger partial charge >= 0.3 is 0 Å². The van der Waals surface area contributed by atoms with Crippen LogP contribution in [0.1, 0.15) is 61.9 Å². The lowest BCUT2D eigenvalue weighted by atomic mass is 10.1. The molecule has 1 fully saturated rings. The predicted molar refractivity (Wildman–Crippen MR) is 72.6 cm³/mol. The summed E-state index contributed by atoms with van der Waals surface area (Å²) in [4.78, 5) is 0. The van der Waals surface area contributed by atoms with E-state index in [1.807, 2.05) is 11.3 Å². The van der Waals surface area contributed by atoms with Crippen molar-refractivity contribution in [2.24, 2.45) is 0 Å². The average Bonchev–Trinajstić information content (AvgIpc) is 3.06. The van der Waals surface area contributed by atoms with E-state index in [1.165, 1.54) is 42.1 Å². The smallest absolute Gasteiger partial charge is 0.120 e. The molecule has 1 saturated carbocycles. The van der Waals surface area contributed by atoms with Crippen molar-refractivity contribution < 1.29 is 0 Å². The first-order valence-corrected chi connectivity index (χ1v) is 7.70. The van der Waals surface area contributed by atoms with Crippen LogP contribution in [0.4, 0.5) is 0 Å². The van der Waals surface area contributed by atoms with Gasteiger partial charge in [-0.15, -0.1) is 21.5 Å². The standard InChI is InChI=1S/C13H23N3S/c1-3-10(4-2)13-16-15-12(17-13)6-5-9-14-11-7-8-11/h10-11,14H,3-9H2,1-2H3. The van der Waals surface area contributed by atoms with Gasteiger partial charge in [-0.25, -0.2) is 0 Å². The fraction of sp³-hybridized carbons (Fsp3) is 0.846. The van der Waals surface area contributed by atoms with E-state index >= 15 is 0 Å². The van der Waals surface area contributed by atoms with Gasteiger partial charge in [-0.3, -0.25) is 0 Å². The first-order chi connectivity index (χ1) is 8.33. The van der Waals surface area contributed by atoms with E-state index in [0.717, 1.165) is 19.0 Å². The number of nitrogens with zero attached hydrogens (tertiary/aromatic N) is 2. The highest BCUT2D eigenvalue weighted by Crippen LogP contribution is 2.26. The molecule has 0 unspecified atom stereocenters. The zero-order valence-corrected chi connectivity index (χ0v) is 11.7. The van der Waals surface area contributed by atoms with Crippen LogP contribution >= 0.6 is 11.3 Å². The molecule has 17 heavy (non-hydrogen) atoms. The van der Waals surface area contributed by atoms with Crippen molar-refractivity contribution >= 4 is 11.3 Å². The number of hydrogen-bond acceptors (Lipinski definition) is 4. The molecular weight excluding hydrogens is 230 g/mol. The third-order valence-electron chi connectivity index (χ3n) is 3.40. The van der Waals surface area contributed by atoms with E-state index < -0.39 is 0 Å². The Kier molecular flexibility index (Phi) is 4.92. The second-order valence-electron chi connectivity index (χ2n) is 4.88. The van der Waals surface area contributed by atoms with Gasteiger partial charge in [0.2, 0.25) is 0 Å². The third-order valence-corrected chi connectivity index (χ3v) is 4.54. The summed E-state index contributed by atoms with van der Waals surface area (Å²) in [6.07, 6.45) is 7.36. The fourth-order valence-corrected chi connectivity index (χ4v) is 3.15. The minimum Gasteiger partial charge on any atom is -0.314 e. The van der Waals surface area contributed by atoms with Gasteiger partial charge < -0.3 is 5.32 Å². The lowest BCUT2D eigenvalue weighted by Gasteiger charge is -2.05. The predicted octanol–water partition coefficient (Wildman–Crippen LogP) is 3.13. The summed E-state index contributed by atoms with van der Waals surface area (Å²) in [7, 11) is 0. The van der Waals surface area contributed by atoms with Crippen molar-refractivity contribution in [1.29, 1.82) is 0 Å². The summed E-state index contributed by atoms with van der Waals surface area (Å²) < 4.78 is 0. The van der Waals surface area contributed by atoms with Crippen molar-refractivity contribution in [1.82, 2.24) is 15.5 Å². The average molecular weight is 253 g/mol. The topological polar surface area (TPSA) is 37.8 Å². The molecule has 0 atom stereocenters. The zero-order chi connectivity index (χ0) is 12.1. The van der Waals surface area contributed by atoms with Crippen molar-refractivity contribution in [2.75, 3.05) is 6.54 Å². The number of aromatic nitrogens is 2. The molecule has 0 amide bonds. The van der Waals surface area contributed by atoms with Gasteiger partial charge in [-0.2, -0.15) is 0 Å². The molecule has 1 heterocycles. The Labute approximate surface area is 108 Å². The zero-order valence-electron chi connectivity index (χ0n) is 10.9. The Hall–Kier alpha value is -0.480. The largest absolute Gasteiger partial charge is 0.314 e. The van der Waals surface area contributed by atoms with Gasteiger partial charge in [0.25, 0.3) is 0 Å². The summed E-state index contributed by atoms with van der Waals surface area (Å²) in [6, 6.07) is 0.824. The summed E-state index contributed by atoms with van der Waals surface area (Å²) in [6.45, 7) is 5.59. The molecule has 1 aliphatic carbocycles. The van der Waals surface area contributed by atoms with E-state index in [4.69, 9.17) is 0 Å². The van der Waals surface area contributed by atoms with Crippen molar-refractivity contribution in [3.8, 4) is 0 Å². The van der Waals surface area contributed by atoms with E-state index in [0.29, 0.717) is 5.92 Å². The summed E-state index contributed by atoms with van der Waals surface area (Å²) in [5, 5.41) is 14.6. The molecule has 0 saturated heterocycles. The van der Waals surface area contributed by atoms with Gasteiger partial charge in [0.05, 0.1) is 0 Å². The van der Waals surface area contributed by atoms with Gasteiger partial charge in [-0.05, 0) is 38.6 Å². The molecule has 96 valence electrons. The summed E-state index contributed by atoms with van der Waals surface area (Å²) >= 11 is 1.81. The molecule has 1 N–H and O–H groups in total. The molecule has 3 nitrogen and oxygen atoms in total. The van der Waals surface area contributed by atoms with E-state index in [2.05, 4.69) is 29.4 Å². The summed E-state index contributed by atoms with van der Waals surface area (Å²) in [5.41, 5.74) is 0. The third kappa shape index (κ3) is 4.03. The molecule has 2 rings (SSSR count). The molecule has 1 aromatic rings. The maximum Gasteiger partial charge on any atom is 0.120 e. The molecule has 0 aromatic carbocycles. The van der Waals surface area contributed by atoms with E-state index in [1.54, 1.807) is 0 Å². The molecule has 0 bridgehead atoms. The highest BCUT2D eigenvalue weighted by Gasteiger charge is 2.19. The number of nitrogens with one attached hydrogen (secondary N) is 1. The summed E-state index contributed by atoms with van der Waals surface area (Å²) in [5.74, 6) is 0.617. The van der Waals surface area contributed by atoms with Crippen molar-refractivity contribution in [3.05, 3.63) is 10.0 Å². The van der Waals surface area contributed by atoms with E-state index in [-0.39, 0.29) is 0 Å². The second-order valence-corrected chi connectivity index (χ2v) is 5.97. The lowest BCUT2D eigenvalue weighted by Crippen LogP contribution is -2.17. The van der Waals surface area contributed by atoms with Crippen LogP contribution in [-0.4, -0.2) is 22.8 Å². The molecule has 0 spiro atoms. The molecule has 1 aliphatic rings. The Morgan fingerprint density at radius 2 is 2.06 bits per heavy atom. The Balaban J connectivity index is 1.72. The normalized spacial score (nSPS) is 15.7. The van der Waals surface area contributed by atoms with Crippen LogP contribution in [-0.2, 0) is 6.42 Å². The van der Waals surface area contributed by atoms with Gasteiger partial charge in [0, 0.05) is 18.4 Å². The Bertz CT molecular complexity index is 329. The first kappa shape index (κ1) is 13.0. The number of aryl methyl sites for hydroxylation is 1. The number of rotatable bonds is 8. The van der Waals surface area contributed by atoms with Crippen molar-refractivity contribution in [2.45, 2.75) is 64.3 Å². The van der Waals surface area contributed by atoms with Crippen molar-refractivity contribution in [3.63, 3.8) is 0 Å². The van der Waals surface area contributed by atoms with Crippen LogP contribution in [0.15, 0.2) is 0 Å². The fourth-order valence-electron chi connectivity index (χ4n) is 2.00. The SMILES string of the molecule is CCC(CC)c1nnc(CCCNC2CC2)s1. The quantitative estimate of drug-likeness (QED) is 0.723. The van der Waals surface area contributed by atoms with Gasteiger partial charge in [0.15, 0.2) is 0 Å². The van der Waals surface area contributed by atoms with Crippen LogP contribution in [0.2, 0.25) is 0 Å². The maximum atomic E-state index is 4.33. The molecule has 0 radical (unpaired) electrons. The minimum absolute atomic E-state index is 0.617. The lowest BCUT2D eigenvalue weighted by molar-refractivity contribution is 0.627. The van der Waals surface area contributed by atoms with Crippen LogP contribution in [0.5, 0.6) is 0 Å². The minimum atomic E-state index is 0.617. The second kappa shape index (κ2) is 6.45. The van der Waals surface area contributed by atoms with Crippen LogP contribution < -0.4 is 5.32 Å².